The number of carbonyl (C=O) groups excluding carboxylic acids is 1. The molecular formula is C31H32ClFN4O2. The van der Waals surface area contributed by atoms with Crippen molar-refractivity contribution in [1.29, 1.82) is 0 Å². The van der Waals surface area contributed by atoms with Gasteiger partial charge in [-0.25, -0.2) is 9.37 Å². The van der Waals surface area contributed by atoms with E-state index in [0.29, 0.717) is 72.1 Å². The summed E-state index contributed by atoms with van der Waals surface area (Å²) in [6.07, 6.45) is 2.87. The van der Waals surface area contributed by atoms with Crippen LogP contribution < -0.4 is 10.5 Å². The Bertz CT molecular complexity index is 1530. The molecule has 39 heavy (non-hydrogen) atoms. The second kappa shape index (κ2) is 12.0. The molecule has 5 rings (SSSR count). The van der Waals surface area contributed by atoms with Gasteiger partial charge in [-0.2, -0.15) is 0 Å². The van der Waals surface area contributed by atoms with Crippen molar-refractivity contribution < 1.29 is 9.18 Å². The number of piperazine rings is 1. The number of rotatable bonds is 8. The highest BCUT2D eigenvalue weighted by Gasteiger charge is 2.29. The number of hydrogen-bond donors (Lipinski definition) is 0. The fourth-order valence-corrected chi connectivity index (χ4v) is 5.50. The summed E-state index contributed by atoms with van der Waals surface area (Å²) >= 11 is 6.29. The summed E-state index contributed by atoms with van der Waals surface area (Å²) in [6.45, 7) is 4.26. The number of nitrogens with zero attached hydrogens (tertiary/aromatic N) is 4. The minimum atomic E-state index is -0.330. The van der Waals surface area contributed by atoms with Crippen molar-refractivity contribution in [3.05, 3.63) is 99.8 Å². The van der Waals surface area contributed by atoms with Crippen LogP contribution in [0.4, 0.5) is 10.1 Å². The molecular weight excluding hydrogens is 515 g/mol. The van der Waals surface area contributed by atoms with E-state index in [4.69, 9.17) is 16.6 Å². The molecule has 2 heterocycles. The molecule has 4 aromatic rings. The smallest absolute Gasteiger partial charge is 0.265 e. The maximum atomic E-state index is 14.3. The van der Waals surface area contributed by atoms with E-state index in [9.17, 15) is 14.0 Å². The number of para-hydroxylation sites is 2. The first-order valence-electron chi connectivity index (χ1n) is 13.5. The van der Waals surface area contributed by atoms with Crippen molar-refractivity contribution in [2.45, 2.75) is 32.6 Å². The van der Waals surface area contributed by atoms with E-state index in [1.54, 1.807) is 41.0 Å². The molecule has 6 nitrogen and oxygen atoms in total. The van der Waals surface area contributed by atoms with Gasteiger partial charge in [0, 0.05) is 43.5 Å². The van der Waals surface area contributed by atoms with Gasteiger partial charge in [0.1, 0.15) is 11.6 Å². The van der Waals surface area contributed by atoms with Crippen LogP contribution in [0.5, 0.6) is 0 Å². The lowest BCUT2D eigenvalue weighted by Crippen LogP contribution is -2.51. The minimum Gasteiger partial charge on any atom is -0.366 e. The standard InChI is InChI=1S/C31H32ClFN4O2/c1-2-3-9-22(30(38)36-18-16-35(17-19-36)28-15-7-5-13-26(28)33)20-29-34-27-14-6-4-12-25(27)31(39)37(29)24-11-8-10-23(32)21-24/h4-8,10-15,21-22H,2-3,9,16-20H2,1H3. The van der Waals surface area contributed by atoms with E-state index in [1.807, 2.05) is 40.1 Å². The Kier molecular flexibility index (Phi) is 8.27. The molecule has 0 radical (unpaired) electrons. The van der Waals surface area contributed by atoms with Crippen LogP contribution in [-0.2, 0) is 11.2 Å². The lowest BCUT2D eigenvalue weighted by molar-refractivity contribution is -0.136. The number of anilines is 1. The van der Waals surface area contributed by atoms with Gasteiger partial charge in [0.2, 0.25) is 5.91 Å². The topological polar surface area (TPSA) is 58.4 Å². The summed E-state index contributed by atoms with van der Waals surface area (Å²) in [7, 11) is 0. The summed E-state index contributed by atoms with van der Waals surface area (Å²) in [5.41, 5.74) is 1.62. The minimum absolute atomic E-state index is 0.0525. The van der Waals surface area contributed by atoms with Crippen LogP contribution in [0.1, 0.15) is 32.0 Å². The van der Waals surface area contributed by atoms with Crippen molar-refractivity contribution in [3.63, 3.8) is 0 Å². The van der Waals surface area contributed by atoms with E-state index in [1.165, 1.54) is 6.07 Å². The molecule has 1 fully saturated rings. The molecule has 202 valence electrons. The van der Waals surface area contributed by atoms with E-state index in [2.05, 4.69) is 6.92 Å². The van der Waals surface area contributed by atoms with Gasteiger partial charge < -0.3 is 9.80 Å². The molecule has 1 unspecified atom stereocenters. The zero-order chi connectivity index (χ0) is 27.4. The lowest BCUT2D eigenvalue weighted by Gasteiger charge is -2.37. The summed E-state index contributed by atoms with van der Waals surface area (Å²) in [5, 5.41) is 1.03. The first-order chi connectivity index (χ1) is 19.0. The van der Waals surface area contributed by atoms with Crippen molar-refractivity contribution in [2.75, 3.05) is 31.1 Å². The molecule has 8 heteroatoms. The summed E-state index contributed by atoms with van der Waals surface area (Å²) < 4.78 is 15.9. The van der Waals surface area contributed by atoms with Crippen LogP contribution in [0.25, 0.3) is 16.6 Å². The fraction of sp³-hybridized carbons (Fsp3) is 0.323. The maximum Gasteiger partial charge on any atom is 0.265 e. The molecule has 0 spiro atoms. The second-order valence-electron chi connectivity index (χ2n) is 9.97. The predicted octanol–water partition coefficient (Wildman–Crippen LogP) is 5.88. The van der Waals surface area contributed by atoms with Gasteiger partial charge in [-0.3, -0.25) is 14.2 Å². The van der Waals surface area contributed by atoms with Gasteiger partial charge in [0.05, 0.1) is 22.3 Å². The number of benzene rings is 3. The third-order valence-corrected chi connectivity index (χ3v) is 7.62. The fourth-order valence-electron chi connectivity index (χ4n) is 5.31. The molecule has 0 N–H and O–H groups in total. The second-order valence-corrected chi connectivity index (χ2v) is 10.4. The van der Waals surface area contributed by atoms with E-state index in [0.717, 1.165) is 12.8 Å². The Hall–Kier alpha value is -3.71. The Morgan fingerprint density at radius 2 is 1.74 bits per heavy atom. The zero-order valence-electron chi connectivity index (χ0n) is 22.0. The number of fused-ring (bicyclic) bond motifs is 1. The SMILES string of the molecule is CCCCC(Cc1nc2ccccc2c(=O)n1-c1cccc(Cl)c1)C(=O)N1CCN(c2ccccc2F)CC1. The molecule has 0 bridgehead atoms. The van der Waals surface area contributed by atoms with Crippen molar-refractivity contribution >= 4 is 34.1 Å². The summed E-state index contributed by atoms with van der Waals surface area (Å²) in [5.74, 6) is 0.0139. The number of carbonyl (C=O) groups is 1. The normalized spacial score (nSPS) is 14.5. The average Bonchev–Trinajstić information content (AvgIpc) is 2.95. The Morgan fingerprint density at radius 1 is 1.00 bits per heavy atom. The van der Waals surface area contributed by atoms with Crippen molar-refractivity contribution in [2.24, 2.45) is 5.92 Å². The van der Waals surface area contributed by atoms with E-state index < -0.39 is 0 Å². The molecule has 1 saturated heterocycles. The molecule has 1 amide bonds. The molecule has 3 aromatic carbocycles. The highest BCUT2D eigenvalue weighted by atomic mass is 35.5. The number of halogens is 2. The molecule has 1 aliphatic rings. The van der Waals surface area contributed by atoms with Gasteiger partial charge in [0.15, 0.2) is 0 Å². The van der Waals surface area contributed by atoms with Crippen molar-refractivity contribution in [3.8, 4) is 5.69 Å². The largest absolute Gasteiger partial charge is 0.366 e. The van der Waals surface area contributed by atoms with Gasteiger partial charge in [-0.05, 0) is 48.9 Å². The number of aromatic nitrogens is 2. The third kappa shape index (κ3) is 5.83. The van der Waals surface area contributed by atoms with Gasteiger partial charge in [-0.1, -0.05) is 61.7 Å². The highest BCUT2D eigenvalue weighted by Crippen LogP contribution is 2.24. The Labute approximate surface area is 232 Å². The molecule has 1 aromatic heterocycles. The zero-order valence-corrected chi connectivity index (χ0v) is 22.8. The number of amides is 1. The maximum absolute atomic E-state index is 14.3. The van der Waals surface area contributed by atoms with E-state index >= 15 is 0 Å². The third-order valence-electron chi connectivity index (χ3n) is 7.38. The predicted molar refractivity (Wildman–Crippen MR) is 154 cm³/mol. The summed E-state index contributed by atoms with van der Waals surface area (Å²) in [4.78, 5) is 36.3. The van der Waals surface area contributed by atoms with Gasteiger partial charge in [-0.15, -0.1) is 0 Å². The first kappa shape index (κ1) is 26.9. The number of unbranched alkanes of at least 4 members (excludes halogenated alkanes) is 1. The molecule has 1 aliphatic heterocycles. The monoisotopic (exact) mass is 546 g/mol. The van der Waals surface area contributed by atoms with Crippen LogP contribution in [-0.4, -0.2) is 46.5 Å². The highest BCUT2D eigenvalue weighted by molar-refractivity contribution is 6.30. The van der Waals surface area contributed by atoms with Crippen molar-refractivity contribution in [1.82, 2.24) is 14.5 Å². The van der Waals surface area contributed by atoms with Crippen LogP contribution >= 0.6 is 11.6 Å². The van der Waals surface area contributed by atoms with Crippen LogP contribution in [0.3, 0.4) is 0 Å². The number of hydrogen-bond acceptors (Lipinski definition) is 4. The Morgan fingerprint density at radius 3 is 2.49 bits per heavy atom. The Balaban J connectivity index is 1.44. The van der Waals surface area contributed by atoms with Crippen LogP contribution in [0.15, 0.2) is 77.6 Å². The average molecular weight is 547 g/mol. The quantitative estimate of drug-likeness (QED) is 0.277. The first-order valence-corrected chi connectivity index (χ1v) is 13.9. The molecule has 1 atom stereocenters. The molecule has 0 aliphatic carbocycles. The van der Waals surface area contributed by atoms with Crippen LogP contribution in [0, 0.1) is 11.7 Å². The van der Waals surface area contributed by atoms with Gasteiger partial charge in [0.25, 0.3) is 5.56 Å². The van der Waals surface area contributed by atoms with Gasteiger partial charge >= 0.3 is 0 Å². The lowest BCUT2D eigenvalue weighted by atomic mass is 9.95. The molecule has 0 saturated carbocycles. The van der Waals surface area contributed by atoms with E-state index in [-0.39, 0.29) is 23.2 Å². The van der Waals surface area contributed by atoms with Crippen LogP contribution in [0.2, 0.25) is 5.02 Å². The summed E-state index contributed by atoms with van der Waals surface area (Å²) in [6, 6.07) is 21.2.